The number of rotatable bonds is 4. The number of carbonyl (C=O) groups excluding carboxylic acids is 1. The molecule has 0 saturated heterocycles. The zero-order valence-corrected chi connectivity index (χ0v) is 14.4. The molecule has 132 valence electrons. The van der Waals surface area contributed by atoms with Crippen molar-refractivity contribution < 1.29 is 4.79 Å². The Labute approximate surface area is 148 Å². The molecular weight excluding hydrogens is 314 g/mol. The summed E-state index contributed by atoms with van der Waals surface area (Å²) in [4.78, 5) is 27.5. The molecule has 3 heterocycles. The molecule has 4 rings (SSSR count). The van der Waals surface area contributed by atoms with Crippen molar-refractivity contribution in [3.63, 3.8) is 0 Å². The molecule has 0 bridgehead atoms. The van der Waals surface area contributed by atoms with Crippen molar-refractivity contribution in [3.05, 3.63) is 47.8 Å². The number of fused-ring (bicyclic) bond motifs is 1. The number of aromatic nitrogens is 3. The zero-order chi connectivity index (χ0) is 17.1. The van der Waals surface area contributed by atoms with Crippen molar-refractivity contribution in [2.75, 3.05) is 6.54 Å². The Morgan fingerprint density at radius 1 is 1.20 bits per heavy atom. The lowest BCUT2D eigenvalue weighted by molar-refractivity contribution is -0.137. The lowest BCUT2D eigenvalue weighted by Gasteiger charge is -2.37. The van der Waals surface area contributed by atoms with Gasteiger partial charge in [-0.2, -0.15) is 0 Å². The van der Waals surface area contributed by atoms with Gasteiger partial charge in [0.2, 0.25) is 5.91 Å². The highest BCUT2D eigenvalue weighted by Crippen LogP contribution is 2.28. The summed E-state index contributed by atoms with van der Waals surface area (Å²) in [6.07, 6.45) is 10.2. The molecular formula is C19H25N5O. The number of amides is 1. The summed E-state index contributed by atoms with van der Waals surface area (Å²) < 4.78 is 0. The average Bonchev–Trinajstić information content (AvgIpc) is 3.16. The quantitative estimate of drug-likeness (QED) is 0.897. The highest BCUT2D eigenvalue weighted by Gasteiger charge is 2.35. The van der Waals surface area contributed by atoms with Crippen molar-refractivity contribution in [2.24, 2.45) is 0 Å². The van der Waals surface area contributed by atoms with Crippen molar-refractivity contribution in [3.8, 4) is 0 Å². The molecule has 1 aliphatic carbocycles. The van der Waals surface area contributed by atoms with Crippen LogP contribution in [-0.2, 0) is 17.8 Å². The van der Waals surface area contributed by atoms with E-state index in [0.717, 1.165) is 42.9 Å². The topological polar surface area (TPSA) is 73.9 Å². The van der Waals surface area contributed by atoms with Gasteiger partial charge in [0.15, 0.2) is 0 Å². The Kier molecular flexibility index (Phi) is 4.78. The van der Waals surface area contributed by atoms with E-state index in [0.29, 0.717) is 12.6 Å². The van der Waals surface area contributed by atoms with Crippen LogP contribution in [0.1, 0.15) is 55.2 Å². The Bertz CT molecular complexity index is 708. The van der Waals surface area contributed by atoms with Crippen LogP contribution in [0.25, 0.3) is 0 Å². The third-order valence-corrected chi connectivity index (χ3v) is 5.35. The predicted octanol–water partition coefficient (Wildman–Crippen LogP) is 2.35. The van der Waals surface area contributed by atoms with Crippen LogP contribution in [0.4, 0.5) is 0 Å². The van der Waals surface area contributed by atoms with E-state index in [1.807, 2.05) is 23.1 Å². The zero-order valence-electron chi connectivity index (χ0n) is 14.4. The summed E-state index contributed by atoms with van der Waals surface area (Å²) in [6, 6.07) is 5.85. The third-order valence-electron chi connectivity index (χ3n) is 5.35. The fourth-order valence-electron chi connectivity index (χ4n) is 4.03. The minimum atomic E-state index is -0.347. The van der Waals surface area contributed by atoms with Gasteiger partial charge in [0.1, 0.15) is 6.04 Å². The second-order valence-electron chi connectivity index (χ2n) is 6.98. The van der Waals surface area contributed by atoms with Crippen LogP contribution in [0.5, 0.6) is 0 Å². The van der Waals surface area contributed by atoms with Gasteiger partial charge in [0.05, 0.1) is 24.3 Å². The smallest absolute Gasteiger partial charge is 0.246 e. The van der Waals surface area contributed by atoms with Crippen LogP contribution >= 0.6 is 0 Å². The van der Waals surface area contributed by atoms with E-state index in [1.165, 1.54) is 19.3 Å². The molecule has 0 unspecified atom stereocenters. The van der Waals surface area contributed by atoms with Crippen molar-refractivity contribution >= 4 is 5.91 Å². The summed E-state index contributed by atoms with van der Waals surface area (Å²) >= 11 is 0. The second kappa shape index (κ2) is 7.35. The van der Waals surface area contributed by atoms with Crippen molar-refractivity contribution in [1.29, 1.82) is 0 Å². The Morgan fingerprint density at radius 2 is 2.08 bits per heavy atom. The van der Waals surface area contributed by atoms with Crippen molar-refractivity contribution in [2.45, 2.75) is 57.2 Å². The molecule has 0 radical (unpaired) electrons. The molecule has 1 saturated carbocycles. The number of carbonyl (C=O) groups is 1. The van der Waals surface area contributed by atoms with Gasteiger partial charge in [-0.25, -0.2) is 4.98 Å². The first-order valence-electron chi connectivity index (χ1n) is 9.29. The van der Waals surface area contributed by atoms with E-state index in [4.69, 9.17) is 0 Å². The summed E-state index contributed by atoms with van der Waals surface area (Å²) in [5.74, 6) is 0.130. The van der Waals surface area contributed by atoms with Crippen LogP contribution in [-0.4, -0.2) is 38.3 Å². The lowest BCUT2D eigenvalue weighted by Crippen LogP contribution is -2.48. The van der Waals surface area contributed by atoms with Crippen LogP contribution in [0.2, 0.25) is 0 Å². The van der Waals surface area contributed by atoms with Crippen LogP contribution < -0.4 is 5.32 Å². The summed E-state index contributed by atoms with van der Waals surface area (Å²) in [5.41, 5.74) is 2.89. The number of nitrogens with one attached hydrogen (secondary N) is 2. The Hall–Kier alpha value is -2.21. The van der Waals surface area contributed by atoms with E-state index < -0.39 is 0 Å². The molecule has 1 fully saturated rings. The van der Waals surface area contributed by atoms with Gasteiger partial charge in [-0.1, -0.05) is 25.3 Å². The second-order valence-corrected chi connectivity index (χ2v) is 6.98. The van der Waals surface area contributed by atoms with Gasteiger partial charge in [-0.3, -0.25) is 9.78 Å². The highest BCUT2D eigenvalue weighted by atomic mass is 16.2. The van der Waals surface area contributed by atoms with E-state index in [9.17, 15) is 4.79 Å². The van der Waals surface area contributed by atoms with Crippen LogP contribution in [0.3, 0.4) is 0 Å². The molecule has 0 spiro atoms. The van der Waals surface area contributed by atoms with Crippen molar-refractivity contribution in [1.82, 2.24) is 25.2 Å². The molecule has 25 heavy (non-hydrogen) atoms. The minimum Gasteiger partial charge on any atom is -0.348 e. The SMILES string of the molecule is O=C([C@@H]1NCCc2[nH]cnc21)N(Cc1ccccn1)C1CCCCC1. The molecule has 2 aliphatic rings. The fraction of sp³-hybridized carbons (Fsp3) is 0.526. The lowest BCUT2D eigenvalue weighted by atomic mass is 9.93. The molecule has 2 N–H and O–H groups in total. The van der Waals surface area contributed by atoms with Gasteiger partial charge >= 0.3 is 0 Å². The predicted molar refractivity (Wildman–Crippen MR) is 94.7 cm³/mol. The van der Waals surface area contributed by atoms with E-state index in [1.54, 1.807) is 12.5 Å². The summed E-state index contributed by atoms with van der Waals surface area (Å²) in [5, 5.41) is 3.37. The summed E-state index contributed by atoms with van der Waals surface area (Å²) in [6.45, 7) is 1.37. The molecule has 1 aliphatic heterocycles. The Morgan fingerprint density at radius 3 is 2.88 bits per heavy atom. The van der Waals surface area contributed by atoms with E-state index >= 15 is 0 Å². The van der Waals surface area contributed by atoms with E-state index in [2.05, 4.69) is 20.3 Å². The Balaban J connectivity index is 1.60. The maximum absolute atomic E-state index is 13.4. The number of H-pyrrole nitrogens is 1. The third kappa shape index (κ3) is 3.44. The van der Waals surface area contributed by atoms with Gasteiger partial charge < -0.3 is 15.2 Å². The fourth-order valence-corrected chi connectivity index (χ4v) is 4.03. The molecule has 1 amide bonds. The largest absolute Gasteiger partial charge is 0.348 e. The molecule has 2 aromatic rings. The molecule has 0 aromatic carbocycles. The van der Waals surface area contributed by atoms with Gasteiger partial charge in [-0.05, 0) is 25.0 Å². The summed E-state index contributed by atoms with van der Waals surface area (Å²) in [7, 11) is 0. The first-order chi connectivity index (χ1) is 12.3. The number of pyridine rings is 1. The monoisotopic (exact) mass is 339 g/mol. The number of hydrogen-bond acceptors (Lipinski definition) is 4. The van der Waals surface area contributed by atoms with E-state index in [-0.39, 0.29) is 11.9 Å². The maximum Gasteiger partial charge on any atom is 0.246 e. The van der Waals surface area contributed by atoms with Gasteiger partial charge in [-0.15, -0.1) is 0 Å². The number of nitrogens with zero attached hydrogens (tertiary/aromatic N) is 3. The number of hydrogen-bond donors (Lipinski definition) is 2. The molecule has 2 aromatic heterocycles. The van der Waals surface area contributed by atoms with Crippen LogP contribution in [0.15, 0.2) is 30.7 Å². The first kappa shape index (κ1) is 16.3. The first-order valence-corrected chi connectivity index (χ1v) is 9.29. The normalized spacial score (nSPS) is 20.9. The molecule has 6 nitrogen and oxygen atoms in total. The number of aromatic amines is 1. The molecule has 1 atom stereocenters. The average molecular weight is 339 g/mol. The number of imidazole rings is 1. The standard InChI is InChI=1S/C19H25N5O/c25-19(18-17-16(9-11-21-18)22-13-23-17)24(15-7-2-1-3-8-15)12-14-6-4-5-10-20-14/h4-6,10,13,15,18,21H,1-3,7-9,11-12H2,(H,22,23)/t18-/m1/s1. The molecule has 6 heteroatoms. The van der Waals surface area contributed by atoms with Crippen LogP contribution in [0, 0.1) is 0 Å². The van der Waals surface area contributed by atoms with Gasteiger partial charge in [0.25, 0.3) is 0 Å². The minimum absolute atomic E-state index is 0.130. The maximum atomic E-state index is 13.4. The highest BCUT2D eigenvalue weighted by molar-refractivity contribution is 5.83. The van der Waals surface area contributed by atoms with Gasteiger partial charge in [0, 0.05) is 30.9 Å².